The lowest BCUT2D eigenvalue weighted by Gasteiger charge is -2.35. The molecule has 1 saturated heterocycles. The molecule has 152 valence electrons. The Morgan fingerprint density at radius 2 is 1.79 bits per heavy atom. The van der Waals surface area contributed by atoms with Crippen LogP contribution in [0.15, 0.2) is 53.4 Å². The zero-order valence-electron chi connectivity index (χ0n) is 15.8. The third-order valence-corrected chi connectivity index (χ3v) is 6.78. The number of hydrogen-bond acceptors (Lipinski definition) is 5. The van der Waals surface area contributed by atoms with Crippen molar-refractivity contribution >= 4 is 27.5 Å². The first-order valence-electron chi connectivity index (χ1n) is 9.02. The molecule has 2 aromatic carbocycles. The molecule has 1 unspecified atom stereocenters. The van der Waals surface area contributed by atoms with Gasteiger partial charge < -0.3 is 9.64 Å². The van der Waals surface area contributed by atoms with E-state index in [4.69, 9.17) is 21.6 Å². The summed E-state index contributed by atoms with van der Waals surface area (Å²) in [5.41, 5.74) is 0.396. The molecule has 7 nitrogen and oxygen atoms in total. The molecule has 9 heteroatoms. The summed E-state index contributed by atoms with van der Waals surface area (Å²) in [6.45, 7) is 2.59. The molecule has 1 aliphatic rings. The van der Waals surface area contributed by atoms with Gasteiger partial charge in [-0.05, 0) is 49.4 Å². The van der Waals surface area contributed by atoms with Crippen molar-refractivity contribution < 1.29 is 17.9 Å². The molecule has 0 spiro atoms. The van der Waals surface area contributed by atoms with Crippen LogP contribution in [0.3, 0.4) is 0 Å². The SMILES string of the molecule is CC(Oc1cccc(Cl)c1)C(=O)N1CCN(S(=O)(=O)c2ccc(C#N)cc2)CC1. The predicted molar refractivity (Wildman–Crippen MR) is 108 cm³/mol. The van der Waals surface area contributed by atoms with Gasteiger partial charge in [0.1, 0.15) is 5.75 Å². The van der Waals surface area contributed by atoms with Crippen molar-refractivity contribution in [2.45, 2.75) is 17.9 Å². The third kappa shape index (κ3) is 4.88. The van der Waals surface area contributed by atoms with Crippen LogP contribution in [0, 0.1) is 11.3 Å². The highest BCUT2D eigenvalue weighted by atomic mass is 35.5. The summed E-state index contributed by atoms with van der Waals surface area (Å²) in [6.07, 6.45) is -0.713. The molecule has 29 heavy (non-hydrogen) atoms. The second-order valence-electron chi connectivity index (χ2n) is 6.58. The Balaban J connectivity index is 1.60. The molecule has 0 aliphatic carbocycles. The Morgan fingerprint density at radius 3 is 2.38 bits per heavy atom. The number of nitrogens with zero attached hydrogens (tertiary/aromatic N) is 3. The van der Waals surface area contributed by atoms with E-state index in [0.717, 1.165) is 0 Å². The molecule has 0 radical (unpaired) electrons. The van der Waals surface area contributed by atoms with E-state index in [0.29, 0.717) is 16.3 Å². The molecule has 0 N–H and O–H groups in total. The highest BCUT2D eigenvalue weighted by Gasteiger charge is 2.32. The summed E-state index contributed by atoms with van der Waals surface area (Å²) in [5.74, 6) is 0.292. The van der Waals surface area contributed by atoms with Gasteiger partial charge in [0.05, 0.1) is 16.5 Å². The van der Waals surface area contributed by atoms with Gasteiger partial charge in [-0.2, -0.15) is 9.57 Å². The molecular weight excluding hydrogens is 414 g/mol. The zero-order valence-corrected chi connectivity index (χ0v) is 17.4. The summed E-state index contributed by atoms with van der Waals surface area (Å²) in [5, 5.41) is 9.37. The summed E-state index contributed by atoms with van der Waals surface area (Å²) in [6, 6.07) is 14.6. The fourth-order valence-corrected chi connectivity index (χ4v) is 4.65. The van der Waals surface area contributed by atoms with Crippen LogP contribution in [-0.2, 0) is 14.8 Å². The molecule has 3 rings (SSSR count). The van der Waals surface area contributed by atoms with Crippen molar-refractivity contribution in [2.75, 3.05) is 26.2 Å². The van der Waals surface area contributed by atoms with Crippen LogP contribution in [0.4, 0.5) is 0 Å². The molecular formula is C20H20ClN3O4S. The predicted octanol–water partition coefficient (Wildman–Crippen LogP) is 2.51. The standard InChI is InChI=1S/C20H20ClN3O4S/c1-15(28-18-4-2-3-17(21)13-18)20(25)23-9-11-24(12-10-23)29(26,27)19-7-5-16(14-22)6-8-19/h2-8,13,15H,9-12H2,1H3. The van der Waals surface area contributed by atoms with E-state index >= 15 is 0 Å². The quantitative estimate of drug-likeness (QED) is 0.722. The van der Waals surface area contributed by atoms with Crippen LogP contribution in [0.1, 0.15) is 12.5 Å². The van der Waals surface area contributed by atoms with Crippen molar-refractivity contribution in [1.82, 2.24) is 9.21 Å². The van der Waals surface area contributed by atoms with E-state index in [1.807, 2.05) is 6.07 Å². The normalized spacial score (nSPS) is 16.1. The number of hydrogen-bond donors (Lipinski definition) is 0. The van der Waals surface area contributed by atoms with E-state index in [1.165, 1.54) is 28.6 Å². The van der Waals surface area contributed by atoms with Gasteiger partial charge >= 0.3 is 0 Å². The number of piperazine rings is 1. The maximum Gasteiger partial charge on any atom is 0.263 e. The van der Waals surface area contributed by atoms with E-state index in [-0.39, 0.29) is 37.0 Å². The lowest BCUT2D eigenvalue weighted by molar-refractivity contribution is -0.139. The largest absolute Gasteiger partial charge is 0.481 e. The Kier molecular flexibility index (Phi) is 6.42. The first-order chi connectivity index (χ1) is 13.8. The lowest BCUT2D eigenvalue weighted by Crippen LogP contribution is -2.53. The van der Waals surface area contributed by atoms with E-state index < -0.39 is 16.1 Å². The van der Waals surface area contributed by atoms with Gasteiger partial charge in [-0.1, -0.05) is 17.7 Å². The van der Waals surface area contributed by atoms with Crippen molar-refractivity contribution in [3.8, 4) is 11.8 Å². The number of benzene rings is 2. The molecule has 0 bridgehead atoms. The van der Waals surface area contributed by atoms with Gasteiger partial charge in [0, 0.05) is 31.2 Å². The van der Waals surface area contributed by atoms with Crippen molar-refractivity contribution in [3.63, 3.8) is 0 Å². The number of amides is 1. The van der Waals surface area contributed by atoms with Crippen LogP contribution >= 0.6 is 11.6 Å². The van der Waals surface area contributed by atoms with Gasteiger partial charge in [-0.3, -0.25) is 4.79 Å². The summed E-state index contributed by atoms with van der Waals surface area (Å²) < 4.78 is 32.6. The number of carbonyl (C=O) groups is 1. The van der Waals surface area contributed by atoms with Gasteiger partial charge in [-0.25, -0.2) is 8.42 Å². The Hall–Kier alpha value is -2.60. The second-order valence-corrected chi connectivity index (χ2v) is 8.96. The summed E-state index contributed by atoms with van der Waals surface area (Å²) in [4.78, 5) is 14.4. The minimum absolute atomic E-state index is 0.133. The Labute approximate surface area is 175 Å². The number of sulfonamides is 1. The molecule has 0 saturated carbocycles. The van der Waals surface area contributed by atoms with Gasteiger partial charge in [0.15, 0.2) is 6.10 Å². The first kappa shape index (κ1) is 21.1. The molecule has 1 atom stereocenters. The van der Waals surface area contributed by atoms with E-state index in [1.54, 1.807) is 36.1 Å². The van der Waals surface area contributed by atoms with Crippen molar-refractivity contribution in [1.29, 1.82) is 5.26 Å². The number of carbonyl (C=O) groups excluding carboxylic acids is 1. The number of halogens is 1. The monoisotopic (exact) mass is 433 g/mol. The maximum absolute atomic E-state index is 12.8. The van der Waals surface area contributed by atoms with E-state index in [9.17, 15) is 13.2 Å². The molecule has 0 aromatic heterocycles. The molecule has 1 heterocycles. The minimum atomic E-state index is -3.67. The summed E-state index contributed by atoms with van der Waals surface area (Å²) >= 11 is 5.93. The first-order valence-corrected chi connectivity index (χ1v) is 10.8. The fourth-order valence-electron chi connectivity index (χ4n) is 3.05. The van der Waals surface area contributed by atoms with Crippen LogP contribution in [0.2, 0.25) is 5.02 Å². The Bertz CT molecular complexity index is 1030. The fraction of sp³-hybridized carbons (Fsp3) is 0.300. The van der Waals surface area contributed by atoms with Crippen LogP contribution in [0.25, 0.3) is 0 Å². The molecule has 2 aromatic rings. The summed E-state index contributed by atoms with van der Waals surface area (Å²) in [7, 11) is -3.67. The highest BCUT2D eigenvalue weighted by molar-refractivity contribution is 7.89. The maximum atomic E-state index is 12.8. The topological polar surface area (TPSA) is 90.7 Å². The smallest absolute Gasteiger partial charge is 0.263 e. The molecule has 1 fully saturated rings. The zero-order chi connectivity index (χ0) is 21.0. The highest BCUT2D eigenvalue weighted by Crippen LogP contribution is 2.21. The van der Waals surface area contributed by atoms with Crippen molar-refractivity contribution in [2.24, 2.45) is 0 Å². The Morgan fingerprint density at radius 1 is 1.14 bits per heavy atom. The van der Waals surface area contributed by atoms with Gasteiger partial charge in [-0.15, -0.1) is 0 Å². The second kappa shape index (κ2) is 8.82. The average Bonchev–Trinajstić information content (AvgIpc) is 2.73. The molecule has 1 aliphatic heterocycles. The van der Waals surface area contributed by atoms with Crippen LogP contribution in [-0.4, -0.2) is 55.8 Å². The lowest BCUT2D eigenvalue weighted by atomic mass is 10.2. The van der Waals surface area contributed by atoms with Crippen LogP contribution in [0.5, 0.6) is 5.75 Å². The average molecular weight is 434 g/mol. The van der Waals surface area contributed by atoms with Gasteiger partial charge in [0.2, 0.25) is 10.0 Å². The van der Waals surface area contributed by atoms with Crippen molar-refractivity contribution in [3.05, 3.63) is 59.1 Å². The van der Waals surface area contributed by atoms with Crippen LogP contribution < -0.4 is 4.74 Å². The molecule has 1 amide bonds. The third-order valence-electron chi connectivity index (χ3n) is 4.63. The van der Waals surface area contributed by atoms with E-state index in [2.05, 4.69) is 0 Å². The minimum Gasteiger partial charge on any atom is -0.481 e. The number of nitriles is 1. The number of ether oxygens (including phenoxy) is 1. The number of rotatable bonds is 5. The van der Waals surface area contributed by atoms with Gasteiger partial charge in [0.25, 0.3) is 5.91 Å².